The zero-order valence-electron chi connectivity index (χ0n) is 6.91. The van der Waals surface area contributed by atoms with Crippen LogP contribution in [0.1, 0.15) is 27.2 Å². The van der Waals surface area contributed by atoms with Crippen LogP contribution in [-0.2, 0) is 23.5 Å². The molecule has 0 spiro atoms. The average molecular weight is 174 g/mol. The van der Waals surface area contributed by atoms with Crippen LogP contribution in [0.25, 0.3) is 0 Å². The van der Waals surface area contributed by atoms with Crippen molar-refractivity contribution in [2.45, 2.75) is 45.3 Å². The second-order valence-corrected chi connectivity index (χ2v) is 13.2. The molecule has 0 aliphatic heterocycles. The first-order valence-corrected chi connectivity index (χ1v) is 9.37. The first-order chi connectivity index (χ1) is 4.18. The van der Waals surface area contributed by atoms with Gasteiger partial charge in [0.2, 0.25) is 0 Å². The quantitative estimate of drug-likeness (QED) is 0.575. The molecule has 0 aliphatic rings. The Morgan fingerprint density at radius 3 is 1.67 bits per heavy atom. The van der Waals surface area contributed by atoms with Crippen LogP contribution in [0.4, 0.5) is 0 Å². The zero-order chi connectivity index (χ0) is 7.33. The van der Waals surface area contributed by atoms with Crippen molar-refractivity contribution >= 4 is 5.26 Å². The van der Waals surface area contributed by atoms with Gasteiger partial charge < -0.3 is 0 Å². The molecule has 0 rings (SSSR count). The van der Waals surface area contributed by atoms with Crippen molar-refractivity contribution in [1.82, 2.24) is 0 Å². The van der Waals surface area contributed by atoms with E-state index in [9.17, 15) is 0 Å². The number of rotatable bonds is 4. The van der Waals surface area contributed by atoms with E-state index >= 15 is 0 Å². The Morgan fingerprint density at radius 1 is 1.11 bits per heavy atom. The molecule has 9 heavy (non-hydrogen) atoms. The Morgan fingerprint density at radius 2 is 1.56 bits per heavy atom. The SMILES string of the molecule is CCC[Si]([Sc])(CC)CC. The Bertz CT molecular complexity index is 69.3. The van der Waals surface area contributed by atoms with Crippen LogP contribution in [0.15, 0.2) is 0 Å². The van der Waals surface area contributed by atoms with Crippen LogP contribution in [0.2, 0.25) is 18.1 Å². The number of hydrogen-bond acceptors (Lipinski definition) is 0. The van der Waals surface area contributed by atoms with Crippen LogP contribution in [-0.4, -0.2) is 5.26 Å². The first-order valence-electron chi connectivity index (χ1n) is 3.97. The van der Waals surface area contributed by atoms with Gasteiger partial charge >= 0.3 is 74.1 Å². The van der Waals surface area contributed by atoms with Gasteiger partial charge in [0, 0.05) is 0 Å². The number of hydrogen-bond donors (Lipinski definition) is 0. The van der Waals surface area contributed by atoms with Gasteiger partial charge in [-0.3, -0.25) is 0 Å². The first kappa shape index (κ1) is 10.1. The molecule has 0 nitrogen and oxygen atoms in total. The minimum atomic E-state index is -0.635. The molecule has 0 aliphatic carbocycles. The summed E-state index contributed by atoms with van der Waals surface area (Å²) in [6, 6.07) is 4.55. The summed E-state index contributed by atoms with van der Waals surface area (Å²) in [7, 11) is 0. The van der Waals surface area contributed by atoms with E-state index in [1.54, 1.807) is 6.04 Å². The van der Waals surface area contributed by atoms with Crippen LogP contribution in [0.5, 0.6) is 0 Å². The fraction of sp³-hybridized carbons (Fsp3) is 1.00. The van der Waals surface area contributed by atoms with Crippen LogP contribution < -0.4 is 0 Å². The summed E-state index contributed by atoms with van der Waals surface area (Å²) in [5, 5.41) is -0.635. The van der Waals surface area contributed by atoms with Crippen LogP contribution in [0, 0.1) is 0 Å². The van der Waals surface area contributed by atoms with Crippen molar-refractivity contribution in [3.05, 3.63) is 0 Å². The molecular weight excluding hydrogens is 157 g/mol. The molecule has 0 unspecified atom stereocenters. The molecule has 0 aromatic rings. The molecule has 0 aromatic carbocycles. The van der Waals surface area contributed by atoms with Gasteiger partial charge in [0.15, 0.2) is 0 Å². The molecule has 0 N–H and O–H groups in total. The van der Waals surface area contributed by atoms with Crippen LogP contribution >= 0.6 is 0 Å². The Kier molecular flexibility index (Phi) is 5.42. The summed E-state index contributed by atoms with van der Waals surface area (Å²) in [5.41, 5.74) is 0. The van der Waals surface area contributed by atoms with E-state index in [2.05, 4.69) is 44.3 Å². The molecule has 0 radical (unpaired) electrons. The van der Waals surface area contributed by atoms with E-state index in [4.69, 9.17) is 0 Å². The molecule has 52 valence electrons. The summed E-state index contributed by atoms with van der Waals surface area (Å²) in [5.74, 6) is 0. The molecule has 0 saturated carbocycles. The molecule has 0 amide bonds. The van der Waals surface area contributed by atoms with Gasteiger partial charge in [-0.25, -0.2) is 0 Å². The van der Waals surface area contributed by atoms with Gasteiger partial charge in [-0.2, -0.15) is 0 Å². The van der Waals surface area contributed by atoms with Gasteiger partial charge in [0.25, 0.3) is 0 Å². The monoisotopic (exact) mass is 174 g/mol. The summed E-state index contributed by atoms with van der Waals surface area (Å²) >= 11 is 2.07. The van der Waals surface area contributed by atoms with E-state index in [1.165, 1.54) is 18.5 Å². The Balaban J connectivity index is 3.62. The molecule has 0 fully saturated rings. The van der Waals surface area contributed by atoms with E-state index in [0.29, 0.717) is 0 Å². The van der Waals surface area contributed by atoms with E-state index in [0.717, 1.165) is 0 Å². The van der Waals surface area contributed by atoms with Crippen molar-refractivity contribution in [1.29, 1.82) is 0 Å². The minimum absolute atomic E-state index is 0.635. The summed E-state index contributed by atoms with van der Waals surface area (Å²) in [6.07, 6.45) is 1.41. The summed E-state index contributed by atoms with van der Waals surface area (Å²) in [6.45, 7) is 7.05. The third-order valence-corrected chi connectivity index (χ3v) is 11.6. The summed E-state index contributed by atoms with van der Waals surface area (Å²) < 4.78 is 0. The second kappa shape index (κ2) is 4.83. The van der Waals surface area contributed by atoms with Gasteiger partial charge in [-0.05, 0) is 0 Å². The Labute approximate surface area is 74.0 Å². The fourth-order valence-corrected chi connectivity index (χ4v) is 4.66. The van der Waals surface area contributed by atoms with Gasteiger partial charge in [0.05, 0.1) is 0 Å². The molecule has 0 saturated heterocycles. The van der Waals surface area contributed by atoms with Crippen molar-refractivity contribution in [2.75, 3.05) is 0 Å². The molecule has 0 atom stereocenters. The standard InChI is InChI=1S/C7H17Si.Sc/c1-4-7-8(5-2)6-3;/h4-7H2,1-3H3;. The van der Waals surface area contributed by atoms with Crippen LogP contribution in [0.3, 0.4) is 0 Å². The third-order valence-electron chi connectivity index (χ3n) is 2.16. The molecule has 2 heteroatoms. The predicted octanol–water partition coefficient (Wildman–Crippen LogP) is 2.93. The topological polar surface area (TPSA) is 0 Å². The normalized spacial score (nSPS) is 11.8. The van der Waals surface area contributed by atoms with Gasteiger partial charge in [-0.1, -0.05) is 0 Å². The predicted molar refractivity (Wildman–Crippen MR) is 41.8 cm³/mol. The third kappa shape index (κ3) is 3.71. The maximum atomic E-state index is 2.37. The van der Waals surface area contributed by atoms with Crippen molar-refractivity contribution in [3.8, 4) is 0 Å². The maximum absolute atomic E-state index is 2.37. The Hall–Kier alpha value is 1.09. The van der Waals surface area contributed by atoms with Crippen molar-refractivity contribution in [3.63, 3.8) is 0 Å². The van der Waals surface area contributed by atoms with Gasteiger partial charge in [-0.15, -0.1) is 0 Å². The zero-order valence-corrected chi connectivity index (χ0v) is 9.71. The molecule has 0 bridgehead atoms. The fourth-order valence-electron chi connectivity index (χ4n) is 1.10. The summed E-state index contributed by atoms with van der Waals surface area (Å²) in [4.78, 5) is 0. The van der Waals surface area contributed by atoms with E-state index < -0.39 is 5.26 Å². The molecule has 0 heterocycles. The molecule has 0 aromatic heterocycles. The molecular formula is C7H17ScSi. The average Bonchev–Trinajstić information content (AvgIpc) is 1.89. The van der Waals surface area contributed by atoms with E-state index in [1.807, 2.05) is 0 Å². The van der Waals surface area contributed by atoms with Crippen molar-refractivity contribution < 1.29 is 23.5 Å². The van der Waals surface area contributed by atoms with Gasteiger partial charge in [0.1, 0.15) is 0 Å². The second-order valence-electron chi connectivity index (χ2n) is 2.82. The van der Waals surface area contributed by atoms with E-state index in [-0.39, 0.29) is 0 Å². The van der Waals surface area contributed by atoms with Crippen molar-refractivity contribution in [2.24, 2.45) is 0 Å².